The van der Waals surface area contributed by atoms with Gasteiger partial charge in [0.25, 0.3) is 0 Å². The first-order valence-electron chi connectivity index (χ1n) is 10.9. The van der Waals surface area contributed by atoms with Crippen molar-refractivity contribution in [1.29, 1.82) is 5.26 Å². The predicted octanol–water partition coefficient (Wildman–Crippen LogP) is 6.21. The smallest absolute Gasteiger partial charge is 0.228 e. The van der Waals surface area contributed by atoms with E-state index in [9.17, 15) is 4.79 Å². The molecule has 1 unspecified atom stereocenters. The van der Waals surface area contributed by atoms with Gasteiger partial charge in [-0.3, -0.25) is 9.78 Å². The highest BCUT2D eigenvalue weighted by molar-refractivity contribution is 5.93. The van der Waals surface area contributed by atoms with Crippen molar-refractivity contribution in [3.05, 3.63) is 84.6 Å². The van der Waals surface area contributed by atoms with Crippen LogP contribution in [0.15, 0.2) is 73.4 Å². The molecule has 0 radical (unpaired) electrons. The lowest BCUT2D eigenvalue weighted by Crippen LogP contribution is -2.31. The summed E-state index contributed by atoms with van der Waals surface area (Å²) in [5, 5.41) is 13.2. The van der Waals surface area contributed by atoms with Crippen LogP contribution in [0.5, 0.6) is 0 Å². The highest BCUT2D eigenvalue weighted by atomic mass is 16.1. The van der Waals surface area contributed by atoms with Crippen LogP contribution >= 0.6 is 0 Å². The van der Waals surface area contributed by atoms with Crippen LogP contribution in [0.4, 0.5) is 5.69 Å². The van der Waals surface area contributed by atoms with Gasteiger partial charge in [-0.1, -0.05) is 24.3 Å². The average Bonchev–Trinajstić information content (AvgIpc) is 2.83. The van der Waals surface area contributed by atoms with Gasteiger partial charge < -0.3 is 5.32 Å². The second-order valence-corrected chi connectivity index (χ2v) is 8.34. The summed E-state index contributed by atoms with van der Waals surface area (Å²) in [7, 11) is 0. The SMILES string of the molecule is C=CCC(C(=O)Nc1ccc(C#N)cc1)[C@H]1CC[C@H](c2ccnc3ccccc32)CC1. The van der Waals surface area contributed by atoms with Crippen LogP contribution in [0, 0.1) is 23.2 Å². The minimum atomic E-state index is -0.0803. The van der Waals surface area contributed by atoms with E-state index >= 15 is 0 Å². The number of amides is 1. The van der Waals surface area contributed by atoms with Gasteiger partial charge in [-0.15, -0.1) is 6.58 Å². The standard InChI is InChI=1S/C27H27N3O/c1-2-5-24(27(31)30-22-14-8-19(18-28)9-15-22)21-12-10-20(11-13-21)23-16-17-29-26-7-4-3-6-25(23)26/h2-4,6-9,14-17,20-21,24H,1,5,10-13H2,(H,30,31)/t20-,21-,24?. The number of nitrogens with one attached hydrogen (secondary N) is 1. The maximum atomic E-state index is 13.1. The second-order valence-electron chi connectivity index (χ2n) is 8.34. The molecular weight excluding hydrogens is 382 g/mol. The van der Waals surface area contributed by atoms with Crippen LogP contribution < -0.4 is 5.32 Å². The summed E-state index contributed by atoms with van der Waals surface area (Å²) in [6, 6.07) is 19.6. The van der Waals surface area contributed by atoms with Crippen molar-refractivity contribution in [1.82, 2.24) is 4.98 Å². The molecule has 0 aliphatic heterocycles. The number of carbonyl (C=O) groups is 1. The van der Waals surface area contributed by atoms with Crippen molar-refractivity contribution >= 4 is 22.5 Å². The molecule has 1 fully saturated rings. The number of pyridine rings is 1. The first-order valence-corrected chi connectivity index (χ1v) is 10.9. The number of para-hydroxylation sites is 1. The van der Waals surface area contributed by atoms with Crippen molar-refractivity contribution in [3.8, 4) is 6.07 Å². The molecule has 1 aromatic heterocycles. The van der Waals surface area contributed by atoms with Gasteiger partial charge in [-0.2, -0.15) is 5.26 Å². The highest BCUT2D eigenvalue weighted by Crippen LogP contribution is 2.41. The first-order chi connectivity index (χ1) is 15.2. The lowest BCUT2D eigenvalue weighted by atomic mass is 9.72. The number of hydrogen-bond donors (Lipinski definition) is 1. The molecule has 0 saturated heterocycles. The largest absolute Gasteiger partial charge is 0.326 e. The molecule has 1 aliphatic carbocycles. The Bertz CT molecular complexity index is 1100. The van der Waals surface area contributed by atoms with Gasteiger partial charge in [0, 0.05) is 23.2 Å². The normalized spacial score (nSPS) is 19.3. The molecule has 4 heteroatoms. The van der Waals surface area contributed by atoms with Gasteiger partial charge in [-0.25, -0.2) is 0 Å². The Labute approximate surface area is 183 Å². The third kappa shape index (κ3) is 4.67. The maximum Gasteiger partial charge on any atom is 0.228 e. The van der Waals surface area contributed by atoms with Gasteiger partial charge in [0.1, 0.15) is 0 Å². The Morgan fingerprint density at radius 2 is 1.87 bits per heavy atom. The molecule has 4 rings (SSSR count). The fraction of sp³-hybridized carbons (Fsp3) is 0.296. The number of fused-ring (bicyclic) bond motifs is 1. The van der Waals surface area contributed by atoms with Crippen molar-refractivity contribution in [2.45, 2.75) is 38.0 Å². The van der Waals surface area contributed by atoms with E-state index in [0.29, 0.717) is 23.8 Å². The van der Waals surface area contributed by atoms with Crippen LogP contribution in [0.2, 0.25) is 0 Å². The summed E-state index contributed by atoms with van der Waals surface area (Å²) in [4.78, 5) is 17.5. The van der Waals surface area contributed by atoms with Gasteiger partial charge in [0.05, 0.1) is 17.1 Å². The van der Waals surface area contributed by atoms with Gasteiger partial charge in [0.15, 0.2) is 0 Å². The molecule has 0 bridgehead atoms. The van der Waals surface area contributed by atoms with Crippen LogP contribution in [0.25, 0.3) is 10.9 Å². The zero-order valence-corrected chi connectivity index (χ0v) is 17.6. The van der Waals surface area contributed by atoms with E-state index in [4.69, 9.17) is 5.26 Å². The lowest BCUT2D eigenvalue weighted by molar-refractivity contribution is -0.121. The van der Waals surface area contributed by atoms with Crippen molar-refractivity contribution in [2.24, 2.45) is 11.8 Å². The van der Waals surface area contributed by atoms with Crippen LogP contribution in [0.1, 0.15) is 49.1 Å². The summed E-state index contributed by atoms with van der Waals surface area (Å²) in [6.45, 7) is 3.88. The number of carbonyl (C=O) groups excluding carboxylic acids is 1. The molecular formula is C27H27N3O. The fourth-order valence-corrected chi connectivity index (χ4v) is 4.86. The summed E-state index contributed by atoms with van der Waals surface area (Å²) < 4.78 is 0. The van der Waals surface area contributed by atoms with Gasteiger partial charge >= 0.3 is 0 Å². The monoisotopic (exact) mass is 409 g/mol. The van der Waals surface area contributed by atoms with E-state index in [1.54, 1.807) is 24.3 Å². The second kappa shape index (κ2) is 9.57. The summed E-state index contributed by atoms with van der Waals surface area (Å²) >= 11 is 0. The number of rotatable bonds is 6. The van der Waals surface area contributed by atoms with Crippen LogP contribution in [-0.4, -0.2) is 10.9 Å². The van der Waals surface area contributed by atoms with Crippen molar-refractivity contribution in [3.63, 3.8) is 0 Å². The fourth-order valence-electron chi connectivity index (χ4n) is 4.86. The third-order valence-electron chi connectivity index (χ3n) is 6.50. The van der Waals surface area contributed by atoms with E-state index in [2.05, 4.69) is 47.2 Å². The number of hydrogen-bond acceptors (Lipinski definition) is 3. The summed E-state index contributed by atoms with van der Waals surface area (Å²) in [5.74, 6) is 0.821. The third-order valence-corrected chi connectivity index (χ3v) is 6.50. The zero-order valence-electron chi connectivity index (χ0n) is 17.6. The molecule has 1 amide bonds. The molecule has 1 N–H and O–H groups in total. The van der Waals surface area contributed by atoms with E-state index in [-0.39, 0.29) is 11.8 Å². The highest BCUT2D eigenvalue weighted by Gasteiger charge is 2.32. The van der Waals surface area contributed by atoms with E-state index in [0.717, 1.165) is 36.9 Å². The van der Waals surface area contributed by atoms with Gasteiger partial charge in [0.2, 0.25) is 5.91 Å². The van der Waals surface area contributed by atoms with Crippen LogP contribution in [-0.2, 0) is 4.79 Å². The molecule has 1 atom stereocenters. The minimum absolute atomic E-state index is 0.0439. The number of nitrogens with zero attached hydrogens (tertiary/aromatic N) is 2. The quantitative estimate of drug-likeness (QED) is 0.492. The number of anilines is 1. The van der Waals surface area contributed by atoms with Crippen molar-refractivity contribution in [2.75, 3.05) is 5.32 Å². The number of aromatic nitrogens is 1. The summed E-state index contributed by atoms with van der Waals surface area (Å²) in [5.41, 5.74) is 3.75. The molecule has 3 aromatic rings. The zero-order chi connectivity index (χ0) is 21.6. The average molecular weight is 410 g/mol. The number of allylic oxidation sites excluding steroid dienone is 1. The number of nitriles is 1. The van der Waals surface area contributed by atoms with Crippen LogP contribution in [0.3, 0.4) is 0 Å². The van der Waals surface area contributed by atoms with E-state index in [1.807, 2.05) is 18.3 Å². The maximum absolute atomic E-state index is 13.1. The molecule has 1 heterocycles. The van der Waals surface area contributed by atoms with E-state index < -0.39 is 0 Å². The topological polar surface area (TPSA) is 65.8 Å². The Morgan fingerprint density at radius 3 is 2.58 bits per heavy atom. The first kappa shape index (κ1) is 20.8. The molecule has 2 aromatic carbocycles. The molecule has 4 nitrogen and oxygen atoms in total. The Kier molecular flexibility index (Phi) is 6.43. The Balaban J connectivity index is 1.44. The van der Waals surface area contributed by atoms with Crippen molar-refractivity contribution < 1.29 is 4.79 Å². The minimum Gasteiger partial charge on any atom is -0.326 e. The lowest BCUT2D eigenvalue weighted by Gasteiger charge is -2.33. The molecule has 156 valence electrons. The Morgan fingerprint density at radius 1 is 1.13 bits per heavy atom. The Hall–Kier alpha value is -3.45. The molecule has 0 spiro atoms. The molecule has 1 aliphatic rings. The van der Waals surface area contributed by atoms with E-state index in [1.165, 1.54) is 10.9 Å². The predicted molar refractivity (Wildman–Crippen MR) is 125 cm³/mol. The summed E-state index contributed by atoms with van der Waals surface area (Å²) in [6.07, 6.45) is 8.66. The molecule has 31 heavy (non-hydrogen) atoms. The number of benzene rings is 2. The molecule has 1 saturated carbocycles. The van der Waals surface area contributed by atoms with Gasteiger partial charge in [-0.05, 0) is 85.9 Å².